The van der Waals surface area contributed by atoms with Crippen molar-refractivity contribution in [2.24, 2.45) is 17.6 Å². The summed E-state index contributed by atoms with van der Waals surface area (Å²) in [5, 5.41) is 2.83. The maximum Gasteiger partial charge on any atom is 0.243 e. The second-order valence-corrected chi connectivity index (χ2v) is 10.6. The Morgan fingerprint density at radius 3 is 2.25 bits per heavy atom. The topological polar surface area (TPSA) is 111 Å². The molecule has 1 saturated carbocycles. The number of nitrogens with zero attached hydrogens (tertiary/aromatic N) is 1. The minimum atomic E-state index is -0.765. The molecule has 3 N–H and O–H groups in total. The monoisotopic (exact) mass is 501 g/mol. The van der Waals surface area contributed by atoms with E-state index >= 15 is 0 Å². The average Bonchev–Trinajstić information content (AvgIpc) is 2.87. The van der Waals surface area contributed by atoms with Gasteiger partial charge in [-0.25, -0.2) is 0 Å². The molecular weight excluding hydrogens is 458 g/mol. The van der Waals surface area contributed by atoms with Gasteiger partial charge in [0.25, 0.3) is 0 Å². The maximum atomic E-state index is 14.3. The van der Waals surface area contributed by atoms with Crippen LogP contribution in [0, 0.1) is 18.8 Å². The van der Waals surface area contributed by atoms with Crippen molar-refractivity contribution in [3.63, 3.8) is 0 Å². The number of likely N-dealkylation sites (tertiary alicyclic amines) is 1. The van der Waals surface area contributed by atoms with E-state index in [1.165, 1.54) is 6.42 Å². The molecule has 1 saturated heterocycles. The van der Waals surface area contributed by atoms with Gasteiger partial charge in [0.15, 0.2) is 11.5 Å². The number of rotatable bonds is 9. The van der Waals surface area contributed by atoms with Gasteiger partial charge < -0.3 is 25.4 Å². The molecule has 0 spiro atoms. The van der Waals surface area contributed by atoms with Crippen molar-refractivity contribution in [3.8, 4) is 11.5 Å². The second kappa shape index (κ2) is 12.5. The first kappa shape index (κ1) is 27.8. The molecule has 8 heteroatoms. The summed E-state index contributed by atoms with van der Waals surface area (Å²) in [5.41, 5.74) is 7.36. The number of ether oxygens (including phenoxy) is 2. The van der Waals surface area contributed by atoms with E-state index < -0.39 is 18.0 Å². The number of carbonyl (C=O) groups excluding carboxylic acids is 3. The molecule has 0 aromatic heterocycles. The van der Waals surface area contributed by atoms with Crippen LogP contribution < -0.4 is 20.5 Å². The van der Waals surface area contributed by atoms with Gasteiger partial charge in [-0.1, -0.05) is 39.2 Å². The molecule has 200 valence electrons. The number of carbonyl (C=O) groups is 3. The van der Waals surface area contributed by atoms with Crippen molar-refractivity contribution < 1.29 is 23.9 Å². The van der Waals surface area contributed by atoms with E-state index in [4.69, 9.17) is 15.2 Å². The van der Waals surface area contributed by atoms with Crippen molar-refractivity contribution in [2.75, 3.05) is 20.8 Å². The molecule has 3 rings (SSSR count). The number of methoxy groups -OCH3 is 2. The minimum Gasteiger partial charge on any atom is -0.493 e. The van der Waals surface area contributed by atoms with E-state index in [1.54, 1.807) is 19.1 Å². The molecule has 2 fully saturated rings. The standard InChI is InChI=1S/C28H43N3O5/c1-17(2)24(26(29)32)30-27(33)21-13-9-10-14-31(21)28(34)23(19-11-7-6-8-12-19)20-15-18(3)25(36-5)22(16-20)35-4/h15-17,19,21,23-24H,6-14H2,1-5H3,(H2,29,32)(H,30,33)/t21-,23-,24-/m0/s1. The number of amides is 3. The summed E-state index contributed by atoms with van der Waals surface area (Å²) in [5.74, 6) is 0.0854. The van der Waals surface area contributed by atoms with Crippen molar-refractivity contribution >= 4 is 17.7 Å². The third kappa shape index (κ3) is 6.13. The SMILES string of the molecule is COc1cc([C@@H](C(=O)N2CCCC[C@H]2C(=O)N[C@H](C(N)=O)C(C)C)C2CCCCC2)cc(C)c1OC. The van der Waals surface area contributed by atoms with Crippen LogP contribution in [0.4, 0.5) is 0 Å². The van der Waals surface area contributed by atoms with E-state index in [1.807, 2.05) is 32.9 Å². The molecule has 3 amide bonds. The number of aryl methyl sites for hydroxylation is 1. The van der Waals surface area contributed by atoms with Crippen LogP contribution in [0.25, 0.3) is 0 Å². The van der Waals surface area contributed by atoms with Gasteiger partial charge in [0.2, 0.25) is 17.7 Å². The van der Waals surface area contributed by atoms with Gasteiger partial charge in [0.1, 0.15) is 12.1 Å². The van der Waals surface area contributed by atoms with Crippen LogP contribution in [-0.4, -0.2) is 55.5 Å². The van der Waals surface area contributed by atoms with E-state index in [-0.39, 0.29) is 29.6 Å². The van der Waals surface area contributed by atoms with Gasteiger partial charge in [-0.15, -0.1) is 0 Å². The lowest BCUT2D eigenvalue weighted by molar-refractivity contribution is -0.145. The summed E-state index contributed by atoms with van der Waals surface area (Å²) in [6.45, 7) is 6.17. The van der Waals surface area contributed by atoms with Crippen LogP contribution in [0.5, 0.6) is 11.5 Å². The van der Waals surface area contributed by atoms with Crippen molar-refractivity contribution in [3.05, 3.63) is 23.3 Å². The van der Waals surface area contributed by atoms with Crippen LogP contribution in [-0.2, 0) is 14.4 Å². The first-order chi connectivity index (χ1) is 17.2. The number of hydrogen-bond acceptors (Lipinski definition) is 5. The van der Waals surface area contributed by atoms with E-state index in [9.17, 15) is 14.4 Å². The summed E-state index contributed by atoms with van der Waals surface area (Å²) >= 11 is 0. The fourth-order valence-electron chi connectivity index (χ4n) is 5.91. The third-order valence-corrected chi connectivity index (χ3v) is 7.79. The summed E-state index contributed by atoms with van der Waals surface area (Å²) < 4.78 is 11.1. The number of benzene rings is 1. The number of piperidine rings is 1. The van der Waals surface area contributed by atoms with Crippen molar-refractivity contribution in [1.29, 1.82) is 0 Å². The molecule has 0 unspecified atom stereocenters. The molecule has 1 aliphatic carbocycles. The molecule has 3 atom stereocenters. The van der Waals surface area contributed by atoms with Crippen LogP contribution in [0.2, 0.25) is 0 Å². The first-order valence-corrected chi connectivity index (χ1v) is 13.3. The molecule has 0 radical (unpaired) electrons. The lowest BCUT2D eigenvalue weighted by atomic mass is 9.75. The second-order valence-electron chi connectivity index (χ2n) is 10.6. The molecule has 1 aliphatic heterocycles. The highest BCUT2D eigenvalue weighted by Gasteiger charge is 2.40. The zero-order valence-electron chi connectivity index (χ0n) is 22.5. The third-order valence-electron chi connectivity index (χ3n) is 7.79. The lowest BCUT2D eigenvalue weighted by Gasteiger charge is -2.40. The largest absolute Gasteiger partial charge is 0.493 e. The fraction of sp³-hybridized carbons (Fsp3) is 0.679. The molecule has 1 heterocycles. The van der Waals surface area contributed by atoms with E-state index in [2.05, 4.69) is 5.32 Å². The summed E-state index contributed by atoms with van der Waals surface area (Å²) in [6.07, 6.45) is 7.61. The Morgan fingerprint density at radius 2 is 1.67 bits per heavy atom. The summed E-state index contributed by atoms with van der Waals surface area (Å²) in [6, 6.07) is 2.57. The van der Waals surface area contributed by atoms with Gasteiger partial charge in [0, 0.05) is 6.54 Å². The Labute approximate surface area is 215 Å². The summed E-state index contributed by atoms with van der Waals surface area (Å²) in [4.78, 5) is 41.3. The maximum absolute atomic E-state index is 14.3. The molecule has 1 aromatic rings. The van der Waals surface area contributed by atoms with Crippen LogP contribution in [0.1, 0.15) is 82.3 Å². The highest BCUT2D eigenvalue weighted by Crippen LogP contribution is 2.42. The van der Waals surface area contributed by atoms with Crippen LogP contribution in [0.15, 0.2) is 12.1 Å². The molecule has 8 nitrogen and oxygen atoms in total. The Bertz CT molecular complexity index is 941. The predicted octanol–water partition coefficient (Wildman–Crippen LogP) is 3.68. The molecular formula is C28H43N3O5. The van der Waals surface area contributed by atoms with Gasteiger partial charge in [-0.3, -0.25) is 14.4 Å². The first-order valence-electron chi connectivity index (χ1n) is 13.3. The summed E-state index contributed by atoms with van der Waals surface area (Å²) in [7, 11) is 3.22. The predicted molar refractivity (Wildman–Crippen MR) is 139 cm³/mol. The van der Waals surface area contributed by atoms with Crippen molar-refractivity contribution in [1.82, 2.24) is 10.2 Å². The highest BCUT2D eigenvalue weighted by molar-refractivity contribution is 5.93. The molecule has 36 heavy (non-hydrogen) atoms. The lowest BCUT2D eigenvalue weighted by Crippen LogP contribution is -2.57. The van der Waals surface area contributed by atoms with Gasteiger partial charge >= 0.3 is 0 Å². The molecule has 2 aliphatic rings. The number of nitrogens with one attached hydrogen (secondary N) is 1. The van der Waals surface area contributed by atoms with Gasteiger partial charge in [0.05, 0.1) is 20.1 Å². The molecule has 0 bridgehead atoms. The normalized spacial score (nSPS) is 20.5. The van der Waals surface area contributed by atoms with Crippen LogP contribution in [0.3, 0.4) is 0 Å². The smallest absolute Gasteiger partial charge is 0.243 e. The van der Waals surface area contributed by atoms with Crippen LogP contribution >= 0.6 is 0 Å². The zero-order chi connectivity index (χ0) is 26.4. The molecule has 1 aromatic carbocycles. The Balaban J connectivity index is 1.97. The minimum absolute atomic E-state index is 0.0199. The fourth-order valence-corrected chi connectivity index (χ4v) is 5.91. The average molecular weight is 502 g/mol. The van der Waals surface area contributed by atoms with E-state index in [0.29, 0.717) is 24.5 Å². The number of nitrogens with two attached hydrogens (primary N) is 1. The van der Waals surface area contributed by atoms with Crippen molar-refractivity contribution in [2.45, 2.75) is 90.1 Å². The number of primary amides is 1. The highest BCUT2D eigenvalue weighted by atomic mass is 16.5. The van der Waals surface area contributed by atoms with Gasteiger partial charge in [-0.05, 0) is 68.1 Å². The quantitative estimate of drug-likeness (QED) is 0.536. The van der Waals surface area contributed by atoms with Gasteiger partial charge in [-0.2, -0.15) is 0 Å². The Hall–Kier alpha value is -2.77. The Morgan fingerprint density at radius 1 is 1.00 bits per heavy atom. The number of hydrogen-bond donors (Lipinski definition) is 2. The zero-order valence-corrected chi connectivity index (χ0v) is 22.5. The van der Waals surface area contributed by atoms with E-state index in [0.717, 1.165) is 49.7 Å². The Kier molecular flexibility index (Phi) is 9.63.